The van der Waals surface area contributed by atoms with Crippen LogP contribution in [0, 0.1) is 5.92 Å². The van der Waals surface area contributed by atoms with E-state index in [9.17, 15) is 18.0 Å². The zero-order chi connectivity index (χ0) is 27.2. The average Bonchev–Trinajstić information content (AvgIpc) is 2.82. The topological polar surface area (TPSA) is 96.0 Å². The first kappa shape index (κ1) is 28.5. The highest BCUT2D eigenvalue weighted by Crippen LogP contribution is 2.33. The van der Waals surface area contributed by atoms with Crippen LogP contribution in [0.2, 0.25) is 0 Å². The predicted molar refractivity (Wildman–Crippen MR) is 146 cm³/mol. The second kappa shape index (κ2) is 12.4. The molecule has 0 aromatic heterocycles. The SMILES string of the molecule is CC[C@@H](C)N(Cc1ccc(N(CC)CC)cc1OS(=O)(=O)c1ccc(NC(C)=O)cc1)C(=O)C1CCC1. The van der Waals surface area contributed by atoms with E-state index < -0.39 is 10.1 Å². The van der Waals surface area contributed by atoms with Gasteiger partial charge in [-0.2, -0.15) is 8.42 Å². The molecular formula is C28H39N3O5S. The lowest BCUT2D eigenvalue weighted by Gasteiger charge is -2.35. The van der Waals surface area contributed by atoms with E-state index in [-0.39, 0.29) is 41.0 Å². The Kier molecular flexibility index (Phi) is 9.59. The summed E-state index contributed by atoms with van der Waals surface area (Å²) >= 11 is 0. The number of nitrogens with one attached hydrogen (secondary N) is 1. The Hall–Kier alpha value is -3.07. The van der Waals surface area contributed by atoms with Crippen LogP contribution in [0.25, 0.3) is 0 Å². The Morgan fingerprint density at radius 1 is 1.05 bits per heavy atom. The number of nitrogens with zero attached hydrogens (tertiary/aromatic N) is 2. The average molecular weight is 530 g/mol. The van der Waals surface area contributed by atoms with Crippen molar-refractivity contribution in [2.45, 2.75) is 77.8 Å². The van der Waals surface area contributed by atoms with Gasteiger partial charge in [0, 0.05) is 61.5 Å². The van der Waals surface area contributed by atoms with Gasteiger partial charge in [-0.3, -0.25) is 9.59 Å². The maximum atomic E-state index is 13.3. The molecule has 3 rings (SSSR count). The molecule has 202 valence electrons. The van der Waals surface area contributed by atoms with Crippen LogP contribution in [0.3, 0.4) is 0 Å². The number of hydrogen-bond acceptors (Lipinski definition) is 6. The van der Waals surface area contributed by atoms with Crippen molar-refractivity contribution in [2.24, 2.45) is 5.92 Å². The molecule has 2 aromatic rings. The zero-order valence-corrected chi connectivity index (χ0v) is 23.3. The summed E-state index contributed by atoms with van der Waals surface area (Å²) in [7, 11) is -4.16. The number of carbonyl (C=O) groups is 2. The first-order valence-electron chi connectivity index (χ1n) is 13.1. The summed E-state index contributed by atoms with van der Waals surface area (Å²) in [5.41, 5.74) is 1.98. The fourth-order valence-corrected chi connectivity index (χ4v) is 5.31. The van der Waals surface area contributed by atoms with Gasteiger partial charge in [-0.05, 0) is 70.4 Å². The molecule has 0 aliphatic heterocycles. The maximum Gasteiger partial charge on any atom is 0.339 e. The van der Waals surface area contributed by atoms with Gasteiger partial charge in [0.05, 0.1) is 0 Å². The Bertz CT molecular complexity index is 1190. The highest BCUT2D eigenvalue weighted by Gasteiger charge is 2.32. The quantitative estimate of drug-likeness (QED) is 0.380. The Morgan fingerprint density at radius 3 is 2.22 bits per heavy atom. The van der Waals surface area contributed by atoms with Gasteiger partial charge in [0.25, 0.3) is 0 Å². The maximum absolute atomic E-state index is 13.3. The van der Waals surface area contributed by atoms with Crippen LogP contribution in [0.1, 0.15) is 65.9 Å². The first-order chi connectivity index (χ1) is 17.6. The van der Waals surface area contributed by atoms with Crippen molar-refractivity contribution >= 4 is 33.3 Å². The van der Waals surface area contributed by atoms with E-state index >= 15 is 0 Å². The van der Waals surface area contributed by atoms with Gasteiger partial charge in [-0.25, -0.2) is 0 Å². The summed E-state index contributed by atoms with van der Waals surface area (Å²) in [6.07, 6.45) is 3.67. The largest absolute Gasteiger partial charge is 0.379 e. The zero-order valence-electron chi connectivity index (χ0n) is 22.5. The van der Waals surface area contributed by atoms with Gasteiger partial charge in [0.1, 0.15) is 10.6 Å². The molecule has 9 heteroatoms. The highest BCUT2D eigenvalue weighted by atomic mass is 32.2. The van der Waals surface area contributed by atoms with Crippen LogP contribution in [-0.4, -0.2) is 44.3 Å². The lowest BCUT2D eigenvalue weighted by atomic mass is 9.84. The first-order valence-corrected chi connectivity index (χ1v) is 14.5. The summed E-state index contributed by atoms with van der Waals surface area (Å²) in [4.78, 5) is 28.5. The number of benzene rings is 2. The minimum Gasteiger partial charge on any atom is -0.379 e. The summed E-state index contributed by atoms with van der Waals surface area (Å²) in [5, 5.41) is 2.62. The highest BCUT2D eigenvalue weighted by molar-refractivity contribution is 7.87. The minimum absolute atomic E-state index is 0.0151. The number of hydrogen-bond donors (Lipinski definition) is 1. The molecule has 0 radical (unpaired) electrons. The molecule has 0 saturated heterocycles. The normalized spacial score (nSPS) is 14.4. The number of anilines is 2. The van der Waals surface area contributed by atoms with Crippen molar-refractivity contribution in [2.75, 3.05) is 23.3 Å². The fourth-order valence-electron chi connectivity index (χ4n) is 4.36. The Balaban J connectivity index is 1.97. The van der Waals surface area contributed by atoms with Gasteiger partial charge in [0.15, 0.2) is 0 Å². The lowest BCUT2D eigenvalue weighted by Crippen LogP contribution is -2.43. The summed E-state index contributed by atoms with van der Waals surface area (Å²) in [6.45, 7) is 11.3. The van der Waals surface area contributed by atoms with Crippen molar-refractivity contribution in [3.63, 3.8) is 0 Å². The van der Waals surface area contributed by atoms with Crippen molar-refractivity contribution in [3.05, 3.63) is 48.0 Å². The Labute approximate surface area is 221 Å². The number of rotatable bonds is 12. The molecule has 8 nitrogen and oxygen atoms in total. The summed E-state index contributed by atoms with van der Waals surface area (Å²) < 4.78 is 32.3. The van der Waals surface area contributed by atoms with E-state index in [1.54, 1.807) is 6.07 Å². The number of amides is 2. The van der Waals surface area contributed by atoms with Gasteiger partial charge in [-0.15, -0.1) is 0 Å². The molecule has 1 N–H and O–H groups in total. The molecular weight excluding hydrogens is 490 g/mol. The van der Waals surface area contributed by atoms with E-state index in [0.29, 0.717) is 11.3 Å². The third kappa shape index (κ3) is 7.03. The molecule has 2 amide bonds. The second-order valence-electron chi connectivity index (χ2n) is 9.56. The lowest BCUT2D eigenvalue weighted by molar-refractivity contribution is -0.141. The van der Waals surface area contributed by atoms with Crippen molar-refractivity contribution < 1.29 is 22.2 Å². The molecule has 2 aromatic carbocycles. The van der Waals surface area contributed by atoms with Crippen LogP contribution in [0.4, 0.5) is 11.4 Å². The molecule has 1 atom stereocenters. The molecule has 37 heavy (non-hydrogen) atoms. The second-order valence-corrected chi connectivity index (χ2v) is 11.1. The Morgan fingerprint density at radius 2 is 1.70 bits per heavy atom. The standard InChI is InChI=1S/C28H39N3O5S/c1-6-20(4)31(28(33)22-10-9-11-22)19-23-12-15-25(30(7-2)8-3)18-27(23)36-37(34,35)26-16-13-24(14-17-26)29-21(5)32/h12-18,20,22H,6-11,19H2,1-5H3,(H,29,32)/t20-/m1/s1. The van der Waals surface area contributed by atoms with Gasteiger partial charge in [0.2, 0.25) is 11.8 Å². The molecule has 1 saturated carbocycles. The summed E-state index contributed by atoms with van der Waals surface area (Å²) in [6, 6.07) is 11.4. The van der Waals surface area contributed by atoms with Crippen molar-refractivity contribution in [1.82, 2.24) is 4.90 Å². The third-order valence-corrected chi connectivity index (χ3v) is 8.29. The van der Waals surface area contributed by atoms with Gasteiger partial charge in [-0.1, -0.05) is 19.4 Å². The third-order valence-electron chi connectivity index (χ3n) is 7.04. The molecule has 0 bridgehead atoms. The predicted octanol–water partition coefficient (Wildman–Crippen LogP) is 5.19. The van der Waals surface area contributed by atoms with Crippen LogP contribution in [0.5, 0.6) is 5.75 Å². The van der Waals surface area contributed by atoms with E-state index in [4.69, 9.17) is 4.18 Å². The molecule has 1 aliphatic rings. The molecule has 1 fully saturated rings. The van der Waals surface area contributed by atoms with E-state index in [2.05, 4.69) is 10.2 Å². The monoisotopic (exact) mass is 529 g/mol. The fraction of sp³-hybridized carbons (Fsp3) is 0.500. The number of carbonyl (C=O) groups excluding carboxylic acids is 2. The summed E-state index contributed by atoms with van der Waals surface area (Å²) in [5.74, 6) is 0.132. The molecule has 0 heterocycles. The van der Waals surface area contributed by atoms with Crippen LogP contribution in [-0.2, 0) is 26.3 Å². The molecule has 0 spiro atoms. The smallest absolute Gasteiger partial charge is 0.339 e. The van der Waals surface area contributed by atoms with Gasteiger partial charge >= 0.3 is 10.1 Å². The van der Waals surface area contributed by atoms with Crippen LogP contribution < -0.4 is 14.4 Å². The molecule has 1 aliphatic carbocycles. The van der Waals surface area contributed by atoms with Crippen LogP contribution in [0.15, 0.2) is 47.4 Å². The van der Waals surface area contributed by atoms with Crippen molar-refractivity contribution in [1.29, 1.82) is 0 Å². The van der Waals surface area contributed by atoms with E-state index in [1.165, 1.54) is 31.2 Å². The van der Waals surface area contributed by atoms with Gasteiger partial charge < -0.3 is 19.3 Å². The van der Waals surface area contributed by atoms with E-state index in [1.807, 2.05) is 44.7 Å². The molecule has 0 unspecified atom stereocenters. The van der Waals surface area contributed by atoms with Crippen molar-refractivity contribution in [3.8, 4) is 5.75 Å². The van der Waals surface area contributed by atoms with E-state index in [0.717, 1.165) is 44.5 Å². The minimum atomic E-state index is -4.16. The van der Waals surface area contributed by atoms with Crippen LogP contribution >= 0.6 is 0 Å².